The fourth-order valence-corrected chi connectivity index (χ4v) is 1.81. The van der Waals surface area contributed by atoms with Crippen LogP contribution in [0.4, 0.5) is 0 Å². The van der Waals surface area contributed by atoms with Gasteiger partial charge in [0.1, 0.15) is 16.6 Å². The fourth-order valence-electron chi connectivity index (χ4n) is 1.01. The van der Waals surface area contributed by atoms with Crippen molar-refractivity contribution in [3.63, 3.8) is 0 Å². The molecule has 94 valence electrons. The monoisotopic (exact) mass is 298 g/mol. The predicted molar refractivity (Wildman–Crippen MR) is 66.6 cm³/mol. The number of hydrogen-bond donors (Lipinski definition) is 0. The van der Waals surface area contributed by atoms with Gasteiger partial charge in [-0.25, -0.2) is 8.42 Å². The zero-order valence-electron chi connectivity index (χ0n) is 10.2. The summed E-state index contributed by atoms with van der Waals surface area (Å²) in [5.41, 5.74) is 0.989. The molecule has 8 heteroatoms. The fraction of sp³-hybridized carbons (Fsp3) is 0.300. The van der Waals surface area contributed by atoms with E-state index >= 15 is 0 Å². The summed E-state index contributed by atoms with van der Waals surface area (Å²) in [4.78, 5) is 4.63. The molecule has 0 aromatic heterocycles. The molecular formula is C10H12ClN2NaO3S. The average molecular weight is 299 g/mol. The molecule has 0 saturated heterocycles. The van der Waals surface area contributed by atoms with Gasteiger partial charge in [0.05, 0.1) is 0 Å². The first-order chi connectivity index (χ1) is 8.06. The predicted octanol–water partition coefficient (Wildman–Crippen LogP) is -0.392. The number of hydrogen-bond acceptors (Lipinski definition) is 4. The number of rotatable bonds is 2. The summed E-state index contributed by atoms with van der Waals surface area (Å²) in [6.07, 6.45) is 2.75. The molecule has 0 atom stereocenters. The van der Waals surface area contributed by atoms with Crippen molar-refractivity contribution in [2.24, 2.45) is 5.16 Å². The van der Waals surface area contributed by atoms with Crippen molar-refractivity contribution in [2.45, 2.75) is 18.2 Å². The molecule has 1 aliphatic rings. The van der Waals surface area contributed by atoms with Gasteiger partial charge < -0.3 is 9.08 Å². The third kappa shape index (κ3) is 6.17. The Morgan fingerprint density at radius 3 is 2.28 bits per heavy atom. The van der Waals surface area contributed by atoms with E-state index in [9.17, 15) is 8.42 Å². The van der Waals surface area contributed by atoms with Crippen LogP contribution >= 0.6 is 11.8 Å². The molecule has 1 aromatic rings. The van der Waals surface area contributed by atoms with Crippen molar-refractivity contribution in [2.75, 3.05) is 6.61 Å². The van der Waals surface area contributed by atoms with Gasteiger partial charge in [-0.15, -0.1) is 0 Å². The molecule has 0 saturated carbocycles. The molecule has 0 N–H and O–H groups in total. The Bertz CT molecular complexity index is 470. The van der Waals surface area contributed by atoms with Gasteiger partial charge in [-0.3, -0.25) is 11.8 Å². The van der Waals surface area contributed by atoms with Crippen LogP contribution in [0.15, 0.2) is 34.3 Å². The number of halogens is 1. The molecule has 18 heavy (non-hydrogen) atoms. The van der Waals surface area contributed by atoms with Gasteiger partial charge in [-0.1, -0.05) is 22.9 Å². The first-order valence-corrected chi connectivity index (χ1v) is 6.63. The van der Waals surface area contributed by atoms with E-state index in [2.05, 4.69) is 14.2 Å². The minimum absolute atomic E-state index is 0. The second-order valence-corrected chi connectivity index (χ2v) is 5.24. The third-order valence-electron chi connectivity index (χ3n) is 1.90. The van der Waals surface area contributed by atoms with E-state index in [1.165, 1.54) is 12.1 Å². The maximum atomic E-state index is 11.0. The number of nitrogens with zero attached hydrogens (tertiary/aromatic N) is 2. The zero-order valence-corrected chi connectivity index (χ0v) is 13.8. The van der Waals surface area contributed by atoms with Gasteiger partial charge >= 0.3 is 29.6 Å². The Labute approximate surface area is 134 Å². The number of sulfonamides is 1. The maximum Gasteiger partial charge on any atom is 1.00 e. The Morgan fingerprint density at radius 1 is 1.33 bits per heavy atom. The number of benzene rings is 1. The van der Waals surface area contributed by atoms with Crippen LogP contribution in [0.1, 0.15) is 12.0 Å². The van der Waals surface area contributed by atoms with Crippen LogP contribution in [0.5, 0.6) is 0 Å². The molecule has 0 radical (unpaired) electrons. The summed E-state index contributed by atoms with van der Waals surface area (Å²) in [7, 11) is -3.62. The molecule has 2 rings (SSSR count). The molecule has 0 aliphatic carbocycles. The van der Waals surface area contributed by atoms with Gasteiger partial charge in [0.2, 0.25) is 0 Å². The van der Waals surface area contributed by atoms with Crippen LogP contribution in [0.2, 0.25) is 0 Å². The van der Waals surface area contributed by atoms with Gasteiger partial charge in [-0.05, 0) is 19.1 Å². The number of aryl methyl sites for hydroxylation is 1. The van der Waals surface area contributed by atoms with E-state index < -0.39 is 10.0 Å². The van der Waals surface area contributed by atoms with Gasteiger partial charge in [0.15, 0.2) is 0 Å². The van der Waals surface area contributed by atoms with Crippen LogP contribution < -0.4 is 29.6 Å². The molecule has 1 aliphatic heterocycles. The van der Waals surface area contributed by atoms with E-state index in [4.69, 9.17) is 11.8 Å². The van der Waals surface area contributed by atoms with Crippen molar-refractivity contribution in [1.82, 2.24) is 0 Å². The molecule has 1 aromatic carbocycles. The van der Waals surface area contributed by atoms with Crippen LogP contribution in [-0.4, -0.2) is 21.2 Å². The Hall–Kier alpha value is -0.110. The van der Waals surface area contributed by atoms with E-state index in [1.807, 2.05) is 6.92 Å². The molecule has 0 spiro atoms. The van der Waals surface area contributed by atoms with Crippen molar-refractivity contribution >= 4 is 28.0 Å². The smallest absolute Gasteiger partial charge is 0.458 e. The van der Waals surface area contributed by atoms with Crippen LogP contribution in [0, 0.1) is 6.92 Å². The quantitative estimate of drug-likeness (QED) is 0.698. The summed E-state index contributed by atoms with van der Waals surface area (Å²) >= 11 is 4.90. The summed E-state index contributed by atoms with van der Waals surface area (Å²) in [6.45, 7) is 2.65. The van der Waals surface area contributed by atoms with E-state index in [0.717, 1.165) is 18.6 Å². The number of oxime groups is 1. The van der Waals surface area contributed by atoms with Crippen LogP contribution in [-0.2, 0) is 14.9 Å². The van der Waals surface area contributed by atoms with E-state index in [0.29, 0.717) is 0 Å². The third-order valence-corrected chi connectivity index (χ3v) is 3.49. The maximum absolute atomic E-state index is 11.0. The van der Waals surface area contributed by atoms with Crippen molar-refractivity contribution in [3.05, 3.63) is 34.1 Å². The zero-order chi connectivity index (χ0) is 12.7. The molecule has 0 amide bonds. The van der Waals surface area contributed by atoms with Crippen LogP contribution in [0.25, 0.3) is 4.24 Å². The molecule has 1 heterocycles. The van der Waals surface area contributed by atoms with Crippen molar-refractivity contribution < 1.29 is 42.8 Å². The molecule has 0 bridgehead atoms. The van der Waals surface area contributed by atoms with E-state index in [-0.39, 0.29) is 34.5 Å². The second-order valence-electron chi connectivity index (χ2n) is 3.27. The normalized spacial score (nSPS) is 13.0. The van der Waals surface area contributed by atoms with Gasteiger partial charge in [-0.2, -0.15) is 0 Å². The Morgan fingerprint density at radius 2 is 1.94 bits per heavy atom. The van der Waals surface area contributed by atoms with Gasteiger partial charge in [0, 0.05) is 17.5 Å². The Balaban J connectivity index is 0.000000405. The SMILES string of the molecule is C1=NOCC1.Cc1ccc(S(=O)(=O)[N-]Cl)cc1.[Na+]. The topological polar surface area (TPSA) is 69.8 Å². The summed E-state index contributed by atoms with van der Waals surface area (Å²) in [5.74, 6) is 0. The first kappa shape index (κ1) is 17.9. The summed E-state index contributed by atoms with van der Waals surface area (Å²) in [5, 5.41) is 3.46. The molecule has 0 unspecified atom stereocenters. The molecule has 0 fully saturated rings. The van der Waals surface area contributed by atoms with Crippen molar-refractivity contribution in [1.29, 1.82) is 0 Å². The average Bonchev–Trinajstić information content (AvgIpc) is 2.88. The van der Waals surface area contributed by atoms with Crippen molar-refractivity contribution in [3.8, 4) is 0 Å². The minimum atomic E-state index is -3.62. The largest absolute Gasteiger partial charge is 1.00 e. The summed E-state index contributed by atoms with van der Waals surface area (Å²) in [6, 6.07) is 6.32. The van der Waals surface area contributed by atoms with E-state index in [1.54, 1.807) is 18.3 Å². The van der Waals surface area contributed by atoms with Gasteiger partial charge in [0.25, 0.3) is 0 Å². The Kier molecular flexibility index (Phi) is 8.85. The van der Waals surface area contributed by atoms with Crippen LogP contribution in [0.3, 0.4) is 0 Å². The molecular weight excluding hydrogens is 287 g/mol. The second kappa shape index (κ2) is 8.90. The minimum Gasteiger partial charge on any atom is -0.458 e. The first-order valence-electron chi connectivity index (χ1n) is 4.85. The summed E-state index contributed by atoms with van der Waals surface area (Å²) < 4.78 is 24.8. The molecule has 5 nitrogen and oxygen atoms in total. The standard InChI is InChI=1S/C7H7ClNO2S.C3H5NO.Na/c1-6-2-4-7(5-3-6)12(10,11)9-8;1-2-4-5-3-1;/h2-5H,1H3;2H,1,3H2;/q-1;;+1.